The Morgan fingerprint density at radius 1 is 0.931 bits per heavy atom. The molecular weight excluding hydrogens is 418 g/mol. The van der Waals surface area contributed by atoms with Gasteiger partial charge in [0, 0.05) is 6.07 Å². The molecule has 0 radical (unpaired) electrons. The van der Waals surface area contributed by atoms with Gasteiger partial charge in [0.05, 0.1) is 19.1 Å². The fourth-order valence-corrected chi connectivity index (χ4v) is 3.67. The highest BCUT2D eigenvalue weighted by molar-refractivity contribution is 7.92. The van der Waals surface area contributed by atoms with Crippen LogP contribution in [0.4, 0.5) is 5.82 Å². The van der Waals surface area contributed by atoms with Gasteiger partial charge in [0.15, 0.2) is 11.0 Å². The van der Waals surface area contributed by atoms with Crippen molar-refractivity contribution < 1.29 is 22.6 Å². The van der Waals surface area contributed by atoms with Gasteiger partial charge in [0.1, 0.15) is 23.1 Å². The Labute approximate surface area is 173 Å². The molecule has 0 fully saturated rings. The third-order valence-electron chi connectivity index (χ3n) is 3.80. The highest BCUT2D eigenvalue weighted by Crippen LogP contribution is 2.36. The minimum Gasteiger partial charge on any atom is -0.497 e. The van der Waals surface area contributed by atoms with Crippen LogP contribution < -0.4 is 18.9 Å². The molecule has 2 aromatic carbocycles. The summed E-state index contributed by atoms with van der Waals surface area (Å²) in [6.07, 6.45) is 0. The van der Waals surface area contributed by atoms with Crippen molar-refractivity contribution >= 4 is 27.4 Å². The Morgan fingerprint density at radius 3 is 2.24 bits per heavy atom. The summed E-state index contributed by atoms with van der Waals surface area (Å²) in [6.45, 7) is 1.59. The lowest BCUT2D eigenvalue weighted by Crippen LogP contribution is -2.15. The molecule has 3 rings (SSSR count). The average molecular weight is 436 g/mol. The number of hydrogen-bond donors (Lipinski definition) is 1. The third kappa shape index (κ3) is 4.87. The summed E-state index contributed by atoms with van der Waals surface area (Å²) in [5, 5.41) is -0.0345. The molecule has 0 saturated heterocycles. The van der Waals surface area contributed by atoms with Crippen LogP contribution in [0, 0.1) is 6.92 Å². The minimum atomic E-state index is -3.96. The number of nitrogens with zero attached hydrogens (tertiary/aromatic N) is 2. The van der Waals surface area contributed by atoms with E-state index in [0.29, 0.717) is 17.2 Å². The number of halogens is 1. The Hall–Kier alpha value is -3.04. The summed E-state index contributed by atoms with van der Waals surface area (Å²) in [7, 11) is -0.940. The maximum atomic E-state index is 12.8. The first kappa shape index (κ1) is 20.7. The maximum Gasteiger partial charge on any atom is 0.263 e. The van der Waals surface area contributed by atoms with Gasteiger partial charge < -0.3 is 14.2 Å². The van der Waals surface area contributed by atoms with E-state index in [1.165, 1.54) is 26.4 Å². The number of aromatic nitrogens is 2. The van der Waals surface area contributed by atoms with Crippen molar-refractivity contribution in [1.29, 1.82) is 0 Å². The van der Waals surface area contributed by atoms with E-state index in [0.717, 1.165) is 0 Å². The van der Waals surface area contributed by atoms with E-state index in [1.54, 1.807) is 43.3 Å². The first-order chi connectivity index (χ1) is 13.8. The number of anilines is 1. The number of aryl methyl sites for hydroxylation is 1. The number of nitrogens with one attached hydrogen (secondary N) is 1. The molecule has 0 bridgehead atoms. The molecule has 0 atom stereocenters. The lowest BCUT2D eigenvalue weighted by atomic mass is 10.3. The van der Waals surface area contributed by atoms with Crippen LogP contribution in [0.1, 0.15) is 5.82 Å². The second-order valence-corrected chi connectivity index (χ2v) is 7.84. The van der Waals surface area contributed by atoms with E-state index >= 15 is 0 Å². The molecule has 1 aromatic heterocycles. The minimum absolute atomic E-state index is 0.0254. The van der Waals surface area contributed by atoms with E-state index in [4.69, 9.17) is 25.8 Å². The van der Waals surface area contributed by atoms with Crippen LogP contribution in [-0.4, -0.2) is 32.6 Å². The Morgan fingerprint density at radius 2 is 1.59 bits per heavy atom. The normalized spacial score (nSPS) is 11.0. The Bertz CT molecular complexity index is 1120. The van der Waals surface area contributed by atoms with Crippen LogP contribution in [0.2, 0.25) is 5.15 Å². The molecule has 0 unspecified atom stereocenters. The maximum absolute atomic E-state index is 12.8. The Kier molecular flexibility index (Phi) is 6.09. The van der Waals surface area contributed by atoms with Crippen LogP contribution in [0.15, 0.2) is 53.4 Å². The molecule has 0 saturated carbocycles. The van der Waals surface area contributed by atoms with Crippen molar-refractivity contribution in [2.75, 3.05) is 18.9 Å². The van der Waals surface area contributed by atoms with Crippen LogP contribution in [-0.2, 0) is 10.0 Å². The number of hydrogen-bond acceptors (Lipinski definition) is 7. The van der Waals surface area contributed by atoms with Gasteiger partial charge in [-0.1, -0.05) is 17.7 Å². The van der Waals surface area contributed by atoms with Gasteiger partial charge in [-0.2, -0.15) is 0 Å². The molecule has 3 aromatic rings. The fraction of sp³-hybridized carbons (Fsp3) is 0.158. The third-order valence-corrected chi connectivity index (χ3v) is 5.41. The predicted molar refractivity (Wildman–Crippen MR) is 109 cm³/mol. The number of rotatable bonds is 7. The Balaban J connectivity index is 1.97. The summed E-state index contributed by atoms with van der Waals surface area (Å²) < 4.78 is 44.0. The molecular formula is C19H18ClN3O5S. The second-order valence-electron chi connectivity index (χ2n) is 5.80. The van der Waals surface area contributed by atoms with Gasteiger partial charge in [-0.05, 0) is 43.3 Å². The topological polar surface area (TPSA) is 99.6 Å². The number of benzene rings is 2. The number of ether oxygens (including phenoxy) is 3. The summed E-state index contributed by atoms with van der Waals surface area (Å²) in [6, 6.07) is 12.7. The summed E-state index contributed by atoms with van der Waals surface area (Å²) in [4.78, 5) is 8.22. The van der Waals surface area contributed by atoms with Crippen molar-refractivity contribution in [1.82, 2.24) is 9.97 Å². The standard InChI is InChI=1S/C19H18ClN3O5S/c1-12-21-18(20)17(28-15-6-4-5-14(11-15)27-3)19(22-12)23-29(24,25)16-9-7-13(26-2)8-10-16/h4-11H,1-3H3,(H,21,22,23). The summed E-state index contributed by atoms with van der Waals surface area (Å²) in [5.41, 5.74) is 0. The van der Waals surface area contributed by atoms with E-state index in [-0.39, 0.29) is 27.4 Å². The SMILES string of the molecule is COc1ccc(S(=O)(=O)Nc2nc(C)nc(Cl)c2Oc2cccc(OC)c2)cc1. The fourth-order valence-electron chi connectivity index (χ4n) is 2.41. The van der Waals surface area contributed by atoms with Crippen molar-refractivity contribution in [3.05, 3.63) is 59.5 Å². The lowest BCUT2D eigenvalue weighted by molar-refractivity contribution is 0.409. The smallest absolute Gasteiger partial charge is 0.263 e. The van der Waals surface area contributed by atoms with Crippen LogP contribution in [0.5, 0.6) is 23.0 Å². The van der Waals surface area contributed by atoms with Crippen molar-refractivity contribution in [3.8, 4) is 23.0 Å². The molecule has 0 amide bonds. The molecule has 1 heterocycles. The van der Waals surface area contributed by atoms with Crippen molar-refractivity contribution in [2.24, 2.45) is 0 Å². The first-order valence-electron chi connectivity index (χ1n) is 8.35. The largest absolute Gasteiger partial charge is 0.497 e. The molecule has 152 valence electrons. The monoisotopic (exact) mass is 435 g/mol. The highest BCUT2D eigenvalue weighted by atomic mass is 35.5. The van der Waals surface area contributed by atoms with E-state index < -0.39 is 10.0 Å². The zero-order valence-corrected chi connectivity index (χ0v) is 17.4. The summed E-state index contributed by atoms with van der Waals surface area (Å²) in [5.74, 6) is 1.65. The van der Waals surface area contributed by atoms with Gasteiger partial charge in [0.25, 0.3) is 10.0 Å². The molecule has 0 spiro atoms. The molecule has 1 N–H and O–H groups in total. The van der Waals surface area contributed by atoms with E-state index in [9.17, 15) is 8.42 Å². The average Bonchev–Trinajstić information content (AvgIpc) is 2.70. The second kappa shape index (κ2) is 8.54. The molecule has 0 aliphatic rings. The van der Waals surface area contributed by atoms with Gasteiger partial charge in [-0.15, -0.1) is 0 Å². The lowest BCUT2D eigenvalue weighted by Gasteiger charge is -2.14. The van der Waals surface area contributed by atoms with Crippen molar-refractivity contribution in [3.63, 3.8) is 0 Å². The molecule has 10 heteroatoms. The zero-order valence-electron chi connectivity index (χ0n) is 15.8. The van der Waals surface area contributed by atoms with Crippen LogP contribution >= 0.6 is 11.6 Å². The number of methoxy groups -OCH3 is 2. The molecule has 29 heavy (non-hydrogen) atoms. The first-order valence-corrected chi connectivity index (χ1v) is 10.2. The predicted octanol–water partition coefficient (Wildman–Crippen LogP) is 4.05. The molecule has 8 nitrogen and oxygen atoms in total. The van der Waals surface area contributed by atoms with Crippen molar-refractivity contribution in [2.45, 2.75) is 11.8 Å². The van der Waals surface area contributed by atoms with Crippen LogP contribution in [0.25, 0.3) is 0 Å². The highest BCUT2D eigenvalue weighted by Gasteiger charge is 2.22. The van der Waals surface area contributed by atoms with Gasteiger partial charge in [0.2, 0.25) is 5.75 Å². The molecule has 0 aliphatic heterocycles. The van der Waals surface area contributed by atoms with Gasteiger partial charge >= 0.3 is 0 Å². The number of sulfonamides is 1. The zero-order chi connectivity index (χ0) is 21.0. The van der Waals surface area contributed by atoms with Gasteiger partial charge in [-0.25, -0.2) is 18.4 Å². The molecule has 0 aliphatic carbocycles. The van der Waals surface area contributed by atoms with E-state index in [1.807, 2.05) is 0 Å². The summed E-state index contributed by atoms with van der Waals surface area (Å²) >= 11 is 6.21. The van der Waals surface area contributed by atoms with Crippen LogP contribution in [0.3, 0.4) is 0 Å². The quantitative estimate of drug-likeness (QED) is 0.559. The van der Waals surface area contributed by atoms with E-state index in [2.05, 4.69) is 14.7 Å². The van der Waals surface area contributed by atoms with Gasteiger partial charge in [-0.3, -0.25) is 4.72 Å².